The zero-order valence-electron chi connectivity index (χ0n) is 3.46. The van der Waals surface area contributed by atoms with Crippen LogP contribution in [0.5, 0.6) is 0 Å². The first-order chi connectivity index (χ1) is 2.27. The Morgan fingerprint density at radius 2 is 1.80 bits per heavy atom. The summed E-state index contributed by atoms with van der Waals surface area (Å²) in [5, 5.41) is 0. The van der Waals surface area contributed by atoms with Crippen molar-refractivity contribution in [3.05, 3.63) is 0 Å². The number of hydrogen-bond acceptors (Lipinski definition) is 0. The number of hydrogen-bond donors (Lipinski definition) is 0. The summed E-state index contributed by atoms with van der Waals surface area (Å²) in [6, 6.07) is 0. The Labute approximate surface area is 42.8 Å². The third-order valence-corrected chi connectivity index (χ3v) is 1.46. The van der Waals surface area contributed by atoms with E-state index in [2.05, 4.69) is 0 Å². The molecule has 0 amide bonds. The van der Waals surface area contributed by atoms with E-state index in [4.69, 9.17) is 0 Å². The van der Waals surface area contributed by atoms with Gasteiger partial charge in [-0.1, -0.05) is 0 Å². The standard InChI is InChI=1S/C3H7.FH.Sn/c1-3-2;;/h3H,1-2H3;1H;/q;;+1/p-1. The SMILES string of the molecule is C[CH](C)[Sn][F]. The molecule has 0 spiro atoms. The molecule has 0 nitrogen and oxygen atoms in total. The molecule has 0 bridgehead atoms. The number of rotatable bonds is 1. The van der Waals surface area contributed by atoms with Gasteiger partial charge in [-0.25, -0.2) is 0 Å². The molecular weight excluding hydrogens is 174 g/mol. The van der Waals surface area contributed by atoms with Crippen molar-refractivity contribution in [1.82, 2.24) is 0 Å². The molecule has 0 saturated carbocycles. The van der Waals surface area contributed by atoms with Gasteiger partial charge in [-0.2, -0.15) is 0 Å². The van der Waals surface area contributed by atoms with Crippen molar-refractivity contribution in [2.45, 2.75) is 17.8 Å². The molecule has 0 unspecified atom stereocenters. The Balaban J connectivity index is 2.54. The van der Waals surface area contributed by atoms with Crippen molar-refractivity contribution in [2.75, 3.05) is 0 Å². The van der Waals surface area contributed by atoms with E-state index in [9.17, 15) is 2.87 Å². The summed E-state index contributed by atoms with van der Waals surface area (Å²) in [5.41, 5.74) is 0. The third kappa shape index (κ3) is 4.73. The van der Waals surface area contributed by atoms with Crippen LogP contribution in [0.2, 0.25) is 3.93 Å². The summed E-state index contributed by atoms with van der Waals surface area (Å²) < 4.78 is 11.7. The van der Waals surface area contributed by atoms with Gasteiger partial charge in [0, 0.05) is 0 Å². The summed E-state index contributed by atoms with van der Waals surface area (Å²) in [5.74, 6) is 0. The van der Waals surface area contributed by atoms with E-state index in [1.54, 1.807) is 0 Å². The van der Waals surface area contributed by atoms with E-state index in [-0.39, 0.29) is 0 Å². The van der Waals surface area contributed by atoms with E-state index >= 15 is 0 Å². The maximum absolute atomic E-state index is 11.3. The second kappa shape index (κ2) is 2.94. The van der Waals surface area contributed by atoms with Gasteiger partial charge in [0.1, 0.15) is 0 Å². The van der Waals surface area contributed by atoms with Crippen LogP contribution in [-0.4, -0.2) is 21.7 Å². The Hall–Kier alpha value is 0.729. The van der Waals surface area contributed by atoms with Crippen LogP contribution >= 0.6 is 0 Å². The minimum absolute atomic E-state index is 0.388. The molecule has 0 fully saturated rings. The van der Waals surface area contributed by atoms with Crippen molar-refractivity contribution in [3.63, 3.8) is 0 Å². The van der Waals surface area contributed by atoms with E-state index in [1.165, 1.54) is 0 Å². The van der Waals surface area contributed by atoms with Gasteiger partial charge >= 0.3 is 42.4 Å². The molecule has 2 heteroatoms. The van der Waals surface area contributed by atoms with Gasteiger partial charge in [-0.3, -0.25) is 0 Å². The second-order valence-electron chi connectivity index (χ2n) is 1.26. The maximum atomic E-state index is 11.3. The summed E-state index contributed by atoms with van der Waals surface area (Å²) in [6.45, 7) is 3.85. The van der Waals surface area contributed by atoms with Gasteiger partial charge in [0.15, 0.2) is 0 Å². The zero-order valence-corrected chi connectivity index (χ0v) is 6.31. The third-order valence-electron chi connectivity index (χ3n) is 0.218. The van der Waals surface area contributed by atoms with Crippen LogP contribution in [-0.2, 0) is 0 Å². The van der Waals surface area contributed by atoms with Crippen LogP contribution in [0, 0.1) is 0 Å². The molecular formula is C3H7FSn. The summed E-state index contributed by atoms with van der Waals surface area (Å²) >= 11 is -1.37. The zero-order chi connectivity index (χ0) is 4.28. The molecule has 0 aromatic rings. The quantitative estimate of drug-likeness (QED) is 0.536. The fraction of sp³-hybridized carbons (Fsp3) is 1.00. The molecule has 0 rings (SSSR count). The fourth-order valence-corrected chi connectivity index (χ4v) is 0. The van der Waals surface area contributed by atoms with Crippen molar-refractivity contribution in [2.24, 2.45) is 0 Å². The molecule has 0 N–H and O–H groups in total. The first kappa shape index (κ1) is 5.73. The summed E-state index contributed by atoms with van der Waals surface area (Å²) in [4.78, 5) is 0. The van der Waals surface area contributed by atoms with Crippen molar-refractivity contribution < 1.29 is 2.87 Å². The van der Waals surface area contributed by atoms with Crippen molar-refractivity contribution >= 4 is 21.7 Å². The Kier molecular flexibility index (Phi) is 3.37. The molecule has 0 aromatic carbocycles. The molecule has 0 aromatic heterocycles. The molecule has 0 heterocycles. The van der Waals surface area contributed by atoms with Gasteiger partial charge in [0.25, 0.3) is 0 Å². The molecule has 0 aliphatic carbocycles. The molecule has 30 valence electrons. The second-order valence-corrected chi connectivity index (χ2v) is 5.18. The fourth-order valence-electron chi connectivity index (χ4n) is 0. The van der Waals surface area contributed by atoms with Crippen molar-refractivity contribution in [1.29, 1.82) is 0 Å². The van der Waals surface area contributed by atoms with Crippen LogP contribution in [0.4, 0.5) is 2.87 Å². The van der Waals surface area contributed by atoms with Crippen LogP contribution in [0.15, 0.2) is 0 Å². The predicted octanol–water partition coefficient (Wildman–Crippen LogP) is 1.40. The Morgan fingerprint density at radius 1 is 1.60 bits per heavy atom. The van der Waals surface area contributed by atoms with Gasteiger partial charge in [0.2, 0.25) is 0 Å². The molecule has 2 radical (unpaired) electrons. The topological polar surface area (TPSA) is 0 Å². The van der Waals surface area contributed by atoms with Crippen LogP contribution in [0.25, 0.3) is 0 Å². The van der Waals surface area contributed by atoms with Crippen LogP contribution in [0.3, 0.4) is 0 Å². The number of halogens is 1. The molecule has 0 saturated heterocycles. The van der Waals surface area contributed by atoms with E-state index in [1.807, 2.05) is 13.8 Å². The average Bonchev–Trinajstić information content (AvgIpc) is 1.38. The minimum atomic E-state index is -1.37. The van der Waals surface area contributed by atoms with Gasteiger partial charge < -0.3 is 0 Å². The predicted molar refractivity (Wildman–Crippen MR) is 22.0 cm³/mol. The average molecular weight is 181 g/mol. The van der Waals surface area contributed by atoms with Gasteiger partial charge in [-0.15, -0.1) is 0 Å². The summed E-state index contributed by atoms with van der Waals surface area (Å²) in [7, 11) is 0. The van der Waals surface area contributed by atoms with Gasteiger partial charge in [0.05, 0.1) is 0 Å². The molecule has 0 aliphatic heterocycles. The molecule has 5 heavy (non-hydrogen) atoms. The molecule has 0 aliphatic rings. The van der Waals surface area contributed by atoms with Crippen molar-refractivity contribution in [3.8, 4) is 0 Å². The van der Waals surface area contributed by atoms with Crippen LogP contribution < -0.4 is 0 Å². The van der Waals surface area contributed by atoms with E-state index in [0.29, 0.717) is 3.93 Å². The monoisotopic (exact) mass is 182 g/mol. The normalized spacial score (nSPS) is 9.60. The van der Waals surface area contributed by atoms with Crippen LogP contribution in [0.1, 0.15) is 13.8 Å². The Bertz CT molecular complexity index is 20.9. The first-order valence-electron chi connectivity index (χ1n) is 1.63. The van der Waals surface area contributed by atoms with E-state index in [0.717, 1.165) is 0 Å². The first-order valence-corrected chi connectivity index (χ1v) is 4.36. The molecule has 0 atom stereocenters. The summed E-state index contributed by atoms with van der Waals surface area (Å²) in [6.07, 6.45) is 0. The van der Waals surface area contributed by atoms with E-state index < -0.39 is 21.7 Å². The Morgan fingerprint density at radius 3 is 1.80 bits per heavy atom. The van der Waals surface area contributed by atoms with Gasteiger partial charge in [-0.05, 0) is 0 Å².